The van der Waals surface area contributed by atoms with Crippen molar-refractivity contribution in [3.63, 3.8) is 0 Å². The van der Waals surface area contributed by atoms with Crippen LogP contribution in [-0.4, -0.2) is 86.6 Å². The first-order valence-corrected chi connectivity index (χ1v) is 7.54. The Kier molecular flexibility index (Phi) is 5.60. The van der Waals surface area contributed by atoms with E-state index in [0.29, 0.717) is 18.4 Å². The Morgan fingerprint density at radius 3 is 2.47 bits per heavy atom. The Hall–Kier alpha value is -0.650. The predicted molar refractivity (Wildman–Crippen MR) is 77.2 cm³/mol. The first-order chi connectivity index (χ1) is 9.16. The minimum absolute atomic E-state index is 0.313. The predicted octanol–water partition coefficient (Wildman–Crippen LogP) is -0.166. The van der Waals surface area contributed by atoms with Crippen molar-refractivity contribution in [1.29, 1.82) is 0 Å². The summed E-state index contributed by atoms with van der Waals surface area (Å²) in [4.78, 5) is 19.0. The number of piperazine rings is 1. The second-order valence-corrected chi connectivity index (χ2v) is 5.88. The molecular formula is C14H28N4O. The number of hydrogen-bond acceptors (Lipinski definition) is 4. The van der Waals surface area contributed by atoms with Crippen LogP contribution in [0.5, 0.6) is 0 Å². The van der Waals surface area contributed by atoms with Crippen molar-refractivity contribution in [2.45, 2.75) is 25.3 Å². The third-order valence-corrected chi connectivity index (χ3v) is 4.48. The van der Waals surface area contributed by atoms with Crippen LogP contribution in [0.4, 0.5) is 0 Å². The van der Waals surface area contributed by atoms with E-state index in [1.54, 1.807) is 0 Å². The lowest BCUT2D eigenvalue weighted by molar-refractivity contribution is -0.133. The topological polar surface area (TPSA) is 38.8 Å². The van der Waals surface area contributed by atoms with Gasteiger partial charge in [-0.3, -0.25) is 4.79 Å². The normalized spacial score (nSPS) is 23.5. The van der Waals surface area contributed by atoms with Crippen molar-refractivity contribution in [2.24, 2.45) is 0 Å². The van der Waals surface area contributed by atoms with Crippen molar-refractivity contribution in [1.82, 2.24) is 20.0 Å². The molecule has 0 radical (unpaired) electrons. The monoisotopic (exact) mass is 268 g/mol. The lowest BCUT2D eigenvalue weighted by atomic mass is 10.0. The molecule has 5 heteroatoms. The van der Waals surface area contributed by atoms with Crippen LogP contribution in [0.2, 0.25) is 0 Å². The van der Waals surface area contributed by atoms with E-state index in [1.165, 1.54) is 0 Å². The minimum Gasteiger partial charge on any atom is -0.343 e. The molecule has 2 heterocycles. The molecule has 0 aromatic carbocycles. The highest BCUT2D eigenvalue weighted by Gasteiger charge is 2.24. The molecule has 0 aromatic rings. The van der Waals surface area contributed by atoms with E-state index in [9.17, 15) is 4.79 Å². The van der Waals surface area contributed by atoms with E-state index in [2.05, 4.69) is 22.2 Å². The lowest BCUT2D eigenvalue weighted by Gasteiger charge is -2.35. The molecule has 0 aromatic heterocycles. The number of rotatable bonds is 4. The number of nitrogens with zero attached hydrogens (tertiary/aromatic N) is 3. The Morgan fingerprint density at radius 2 is 1.84 bits per heavy atom. The Labute approximate surface area is 116 Å². The summed E-state index contributed by atoms with van der Waals surface area (Å²) in [5.41, 5.74) is 0. The fourth-order valence-electron chi connectivity index (χ4n) is 2.95. The maximum Gasteiger partial charge on any atom is 0.223 e. The molecule has 0 spiro atoms. The first kappa shape index (κ1) is 14.8. The number of carbonyl (C=O) groups is 1. The van der Waals surface area contributed by atoms with Gasteiger partial charge < -0.3 is 20.0 Å². The average Bonchev–Trinajstić information content (AvgIpc) is 2.46. The molecule has 0 bridgehead atoms. The van der Waals surface area contributed by atoms with Crippen LogP contribution >= 0.6 is 0 Å². The van der Waals surface area contributed by atoms with Gasteiger partial charge in [-0.2, -0.15) is 0 Å². The zero-order valence-electron chi connectivity index (χ0n) is 12.4. The van der Waals surface area contributed by atoms with Gasteiger partial charge in [-0.15, -0.1) is 0 Å². The molecule has 0 atom stereocenters. The molecule has 2 fully saturated rings. The molecule has 2 aliphatic rings. The molecule has 0 saturated carbocycles. The molecule has 1 N–H and O–H groups in total. The summed E-state index contributed by atoms with van der Waals surface area (Å²) in [5.74, 6) is 0.313. The van der Waals surface area contributed by atoms with Crippen molar-refractivity contribution in [3.05, 3.63) is 0 Å². The standard InChI is InChI=1S/C14H28N4O/c1-16-8-3-13(4-9-16)17(2)14(19)5-10-18-11-6-15-7-12-18/h13,15H,3-12H2,1-2H3. The molecule has 19 heavy (non-hydrogen) atoms. The van der Waals surface area contributed by atoms with Gasteiger partial charge in [0.05, 0.1) is 0 Å². The molecule has 110 valence electrons. The third-order valence-electron chi connectivity index (χ3n) is 4.48. The van der Waals surface area contributed by atoms with Gasteiger partial charge in [0.2, 0.25) is 5.91 Å². The fraction of sp³-hybridized carbons (Fsp3) is 0.929. The molecule has 2 aliphatic heterocycles. The fourth-order valence-corrected chi connectivity index (χ4v) is 2.95. The number of nitrogens with one attached hydrogen (secondary N) is 1. The molecule has 0 aliphatic carbocycles. The molecule has 0 unspecified atom stereocenters. The largest absolute Gasteiger partial charge is 0.343 e. The van der Waals surface area contributed by atoms with Crippen LogP contribution in [0.25, 0.3) is 0 Å². The van der Waals surface area contributed by atoms with Gasteiger partial charge in [0.1, 0.15) is 0 Å². The van der Waals surface area contributed by atoms with Gasteiger partial charge in [-0.1, -0.05) is 0 Å². The van der Waals surface area contributed by atoms with Crippen LogP contribution < -0.4 is 5.32 Å². The maximum atomic E-state index is 12.2. The lowest BCUT2D eigenvalue weighted by Crippen LogP contribution is -2.47. The molecule has 1 amide bonds. The van der Waals surface area contributed by atoms with E-state index in [4.69, 9.17) is 0 Å². The SMILES string of the molecule is CN1CCC(N(C)C(=O)CCN2CCNCC2)CC1. The summed E-state index contributed by atoms with van der Waals surface area (Å²) in [5, 5.41) is 3.34. The Balaban J connectivity index is 1.69. The van der Waals surface area contributed by atoms with E-state index in [1.807, 2.05) is 11.9 Å². The molecule has 5 nitrogen and oxygen atoms in total. The Morgan fingerprint density at radius 1 is 1.21 bits per heavy atom. The third kappa shape index (κ3) is 4.44. The van der Waals surface area contributed by atoms with Crippen LogP contribution in [0, 0.1) is 0 Å². The number of carbonyl (C=O) groups excluding carboxylic acids is 1. The van der Waals surface area contributed by atoms with Gasteiger partial charge in [0.25, 0.3) is 0 Å². The number of piperidine rings is 1. The van der Waals surface area contributed by atoms with Crippen LogP contribution in [0.15, 0.2) is 0 Å². The van der Waals surface area contributed by atoms with E-state index >= 15 is 0 Å². The van der Waals surface area contributed by atoms with Crippen molar-refractivity contribution < 1.29 is 4.79 Å². The number of hydrogen-bond donors (Lipinski definition) is 1. The van der Waals surface area contributed by atoms with Crippen LogP contribution in [0.1, 0.15) is 19.3 Å². The number of amides is 1. The second-order valence-electron chi connectivity index (χ2n) is 5.88. The highest BCUT2D eigenvalue weighted by Crippen LogP contribution is 2.15. The zero-order valence-corrected chi connectivity index (χ0v) is 12.4. The van der Waals surface area contributed by atoms with Crippen LogP contribution in [0.3, 0.4) is 0 Å². The van der Waals surface area contributed by atoms with Gasteiger partial charge in [0, 0.05) is 52.2 Å². The highest BCUT2D eigenvalue weighted by atomic mass is 16.2. The first-order valence-electron chi connectivity index (χ1n) is 7.54. The van der Waals surface area contributed by atoms with Crippen molar-refractivity contribution in [2.75, 3.05) is 59.9 Å². The van der Waals surface area contributed by atoms with Gasteiger partial charge in [0.15, 0.2) is 0 Å². The summed E-state index contributed by atoms with van der Waals surface area (Å²) in [6.45, 7) is 7.39. The van der Waals surface area contributed by atoms with Crippen molar-refractivity contribution in [3.8, 4) is 0 Å². The smallest absolute Gasteiger partial charge is 0.223 e. The van der Waals surface area contributed by atoms with Gasteiger partial charge >= 0.3 is 0 Å². The molecule has 2 saturated heterocycles. The summed E-state index contributed by atoms with van der Waals surface area (Å²) >= 11 is 0. The highest BCUT2D eigenvalue weighted by molar-refractivity contribution is 5.76. The molecule has 2 rings (SSSR count). The number of likely N-dealkylation sites (tertiary alicyclic amines) is 1. The summed E-state index contributed by atoms with van der Waals surface area (Å²) in [7, 11) is 4.14. The average molecular weight is 268 g/mol. The maximum absolute atomic E-state index is 12.2. The quantitative estimate of drug-likeness (QED) is 0.769. The van der Waals surface area contributed by atoms with E-state index in [0.717, 1.165) is 58.7 Å². The zero-order chi connectivity index (χ0) is 13.7. The van der Waals surface area contributed by atoms with Gasteiger partial charge in [-0.25, -0.2) is 0 Å². The minimum atomic E-state index is 0.313. The second kappa shape index (κ2) is 7.22. The van der Waals surface area contributed by atoms with Gasteiger partial charge in [-0.05, 0) is 33.0 Å². The summed E-state index contributed by atoms with van der Waals surface area (Å²) in [6.07, 6.45) is 2.90. The Bertz CT molecular complexity index is 283. The van der Waals surface area contributed by atoms with Crippen LogP contribution in [-0.2, 0) is 4.79 Å². The van der Waals surface area contributed by atoms with E-state index in [-0.39, 0.29) is 0 Å². The van der Waals surface area contributed by atoms with E-state index < -0.39 is 0 Å². The summed E-state index contributed by atoms with van der Waals surface area (Å²) in [6, 6.07) is 0.451. The summed E-state index contributed by atoms with van der Waals surface area (Å²) < 4.78 is 0. The van der Waals surface area contributed by atoms with Crippen molar-refractivity contribution >= 4 is 5.91 Å². The molecular weight excluding hydrogens is 240 g/mol.